The van der Waals surface area contributed by atoms with E-state index in [2.05, 4.69) is 93.4 Å². The number of carbonyl (C=O) groups excluding carboxylic acids is 1. The summed E-state index contributed by atoms with van der Waals surface area (Å²) >= 11 is 0. The summed E-state index contributed by atoms with van der Waals surface area (Å²) in [5.41, 5.74) is 11.3. The average Bonchev–Trinajstić information content (AvgIpc) is 3.54. The number of Topliss-reactive ketones (excluding diaryl/α,β-unsaturated/α-hetero) is 1. The van der Waals surface area contributed by atoms with Gasteiger partial charge in [-0.05, 0) is 89.7 Å². The van der Waals surface area contributed by atoms with Crippen molar-refractivity contribution in [1.29, 1.82) is 0 Å². The Balaban J connectivity index is 1.29. The summed E-state index contributed by atoms with van der Waals surface area (Å²) in [5, 5.41) is 0. The number of carbonyl (C=O) groups is 1. The first-order valence-corrected chi connectivity index (χ1v) is 12.5. The molecule has 0 aliphatic heterocycles. The van der Waals surface area contributed by atoms with Crippen LogP contribution in [0.25, 0.3) is 44.9 Å². The predicted molar refractivity (Wildman–Crippen MR) is 147 cm³/mol. The van der Waals surface area contributed by atoms with Crippen LogP contribution in [0, 0.1) is 0 Å². The van der Waals surface area contributed by atoms with Crippen molar-refractivity contribution in [1.82, 2.24) is 14.5 Å². The van der Waals surface area contributed by atoms with Crippen molar-refractivity contribution in [2.45, 2.75) is 12.8 Å². The third kappa shape index (κ3) is 3.57. The number of aromatic nitrogens is 3. The molecule has 0 bridgehead atoms. The maximum Gasteiger partial charge on any atom is 0.190 e. The standard InChI is InChI=1S/C33H23N3O/c37-33-29-8-2-1-7-27(29)28-14-11-23(19-30(28)33)22-9-12-26(13-10-22)36-31(24-5-3-17-34-20-24)15-16-32(36)25-6-4-18-35-21-25/h1,3-7,9-21H,2,8H2. The molecule has 0 fully saturated rings. The highest BCUT2D eigenvalue weighted by Gasteiger charge is 2.29. The van der Waals surface area contributed by atoms with E-state index < -0.39 is 0 Å². The Morgan fingerprint density at radius 3 is 2.00 bits per heavy atom. The van der Waals surface area contributed by atoms with Crippen molar-refractivity contribution in [2.24, 2.45) is 0 Å². The van der Waals surface area contributed by atoms with Crippen LogP contribution in [0.4, 0.5) is 0 Å². The second-order valence-electron chi connectivity index (χ2n) is 9.39. The molecular formula is C33H23N3O. The van der Waals surface area contributed by atoms with Crippen LogP contribution < -0.4 is 0 Å². The van der Waals surface area contributed by atoms with Crippen LogP contribution >= 0.6 is 0 Å². The molecule has 0 saturated heterocycles. The summed E-state index contributed by atoms with van der Waals surface area (Å²) in [6.07, 6.45) is 13.4. The molecule has 37 heavy (non-hydrogen) atoms. The van der Waals surface area contributed by atoms with Gasteiger partial charge in [0.05, 0.1) is 11.4 Å². The second-order valence-corrected chi connectivity index (χ2v) is 9.39. The molecule has 3 heterocycles. The lowest BCUT2D eigenvalue weighted by molar-refractivity contribution is 0.103. The molecule has 0 radical (unpaired) electrons. The number of rotatable bonds is 4. The van der Waals surface area contributed by atoms with E-state index in [1.807, 2.05) is 24.5 Å². The van der Waals surface area contributed by atoms with Gasteiger partial charge < -0.3 is 4.57 Å². The Bertz CT molecular complexity index is 1650. The minimum atomic E-state index is 0.183. The van der Waals surface area contributed by atoms with Gasteiger partial charge in [0.15, 0.2) is 5.78 Å². The van der Waals surface area contributed by atoms with E-state index in [1.54, 1.807) is 12.4 Å². The minimum absolute atomic E-state index is 0.183. The van der Waals surface area contributed by atoms with E-state index in [9.17, 15) is 4.79 Å². The van der Waals surface area contributed by atoms with E-state index in [4.69, 9.17) is 0 Å². The van der Waals surface area contributed by atoms with Gasteiger partial charge in [-0.3, -0.25) is 14.8 Å². The Kier molecular flexibility index (Phi) is 5.03. The first kappa shape index (κ1) is 21.5. The van der Waals surface area contributed by atoms with Gasteiger partial charge in [-0.2, -0.15) is 0 Å². The maximum atomic E-state index is 13.1. The summed E-state index contributed by atoms with van der Waals surface area (Å²) in [6, 6.07) is 27.1. The highest BCUT2D eigenvalue weighted by molar-refractivity contribution is 6.22. The second kappa shape index (κ2) is 8.68. The number of fused-ring (bicyclic) bond motifs is 2. The molecule has 4 nitrogen and oxygen atoms in total. The third-order valence-corrected chi connectivity index (χ3v) is 7.25. The zero-order valence-electron chi connectivity index (χ0n) is 20.1. The summed E-state index contributed by atoms with van der Waals surface area (Å²) in [7, 11) is 0. The van der Waals surface area contributed by atoms with Crippen molar-refractivity contribution in [3.05, 3.63) is 133 Å². The molecule has 176 valence electrons. The Morgan fingerprint density at radius 2 is 1.35 bits per heavy atom. The van der Waals surface area contributed by atoms with Crippen molar-refractivity contribution in [3.8, 4) is 39.3 Å². The number of nitrogens with zero attached hydrogens (tertiary/aromatic N) is 3. The van der Waals surface area contributed by atoms with Gasteiger partial charge in [0, 0.05) is 52.7 Å². The number of hydrogen-bond acceptors (Lipinski definition) is 3. The van der Waals surface area contributed by atoms with Crippen LogP contribution in [-0.2, 0) is 0 Å². The highest BCUT2D eigenvalue weighted by atomic mass is 16.1. The molecule has 3 aromatic heterocycles. The molecule has 4 heteroatoms. The number of hydrogen-bond donors (Lipinski definition) is 0. The smallest absolute Gasteiger partial charge is 0.190 e. The van der Waals surface area contributed by atoms with Crippen molar-refractivity contribution >= 4 is 11.4 Å². The number of pyridine rings is 2. The Hall–Kier alpha value is -4.83. The van der Waals surface area contributed by atoms with Crippen LogP contribution in [0.15, 0.2) is 121 Å². The summed E-state index contributed by atoms with van der Waals surface area (Å²) in [4.78, 5) is 21.7. The average molecular weight is 478 g/mol. The monoisotopic (exact) mass is 477 g/mol. The van der Waals surface area contributed by atoms with Crippen LogP contribution in [-0.4, -0.2) is 20.3 Å². The van der Waals surface area contributed by atoms with E-state index in [1.165, 1.54) is 0 Å². The molecule has 0 N–H and O–H groups in total. The zero-order valence-corrected chi connectivity index (χ0v) is 20.1. The SMILES string of the molecule is O=C1C2=C(C=CCC2)c2ccc(-c3ccc(-n4c(-c5cccnc5)ccc4-c4cccnc4)cc3)cc21. The quantitative estimate of drug-likeness (QED) is 0.268. The summed E-state index contributed by atoms with van der Waals surface area (Å²) in [5.74, 6) is 0.183. The van der Waals surface area contributed by atoms with Gasteiger partial charge in [-0.25, -0.2) is 0 Å². The van der Waals surface area contributed by atoms with Gasteiger partial charge in [-0.15, -0.1) is 0 Å². The van der Waals surface area contributed by atoms with Gasteiger partial charge in [-0.1, -0.05) is 36.4 Å². The predicted octanol–water partition coefficient (Wildman–Crippen LogP) is 7.57. The van der Waals surface area contributed by atoms with Crippen molar-refractivity contribution < 1.29 is 4.79 Å². The number of benzene rings is 2. The Labute approximate surface area is 215 Å². The largest absolute Gasteiger partial charge is 0.309 e. The van der Waals surface area contributed by atoms with Gasteiger partial charge in [0.2, 0.25) is 0 Å². The van der Waals surface area contributed by atoms with E-state index >= 15 is 0 Å². The maximum absolute atomic E-state index is 13.1. The molecule has 5 aromatic rings. The molecule has 0 amide bonds. The summed E-state index contributed by atoms with van der Waals surface area (Å²) in [6.45, 7) is 0. The highest BCUT2D eigenvalue weighted by Crippen LogP contribution is 2.40. The van der Waals surface area contributed by atoms with Crippen LogP contribution in [0.1, 0.15) is 28.8 Å². The lowest BCUT2D eigenvalue weighted by Crippen LogP contribution is -2.00. The fourth-order valence-electron chi connectivity index (χ4n) is 5.46. The van der Waals surface area contributed by atoms with E-state index in [0.29, 0.717) is 0 Å². The van der Waals surface area contributed by atoms with Crippen LogP contribution in [0.5, 0.6) is 0 Å². The molecule has 2 aliphatic carbocycles. The van der Waals surface area contributed by atoms with E-state index in [0.717, 1.165) is 74.4 Å². The summed E-state index contributed by atoms with van der Waals surface area (Å²) < 4.78 is 2.24. The topological polar surface area (TPSA) is 47.8 Å². The zero-order chi connectivity index (χ0) is 24.8. The fourth-order valence-corrected chi connectivity index (χ4v) is 5.46. The lowest BCUT2D eigenvalue weighted by Gasteiger charge is -2.15. The normalized spacial score (nSPS) is 14.1. The lowest BCUT2D eigenvalue weighted by atomic mass is 9.97. The first-order valence-electron chi connectivity index (χ1n) is 12.5. The van der Waals surface area contributed by atoms with Crippen molar-refractivity contribution in [2.75, 3.05) is 0 Å². The van der Waals surface area contributed by atoms with E-state index in [-0.39, 0.29) is 5.78 Å². The van der Waals surface area contributed by atoms with Gasteiger partial charge in [0.1, 0.15) is 0 Å². The van der Waals surface area contributed by atoms with Gasteiger partial charge >= 0.3 is 0 Å². The third-order valence-electron chi connectivity index (χ3n) is 7.25. The minimum Gasteiger partial charge on any atom is -0.309 e. The molecule has 0 atom stereocenters. The molecule has 0 spiro atoms. The number of ketones is 1. The molecular weight excluding hydrogens is 454 g/mol. The fraction of sp³-hybridized carbons (Fsp3) is 0.0606. The molecule has 0 unspecified atom stereocenters. The van der Waals surface area contributed by atoms with Crippen LogP contribution in [0.3, 0.4) is 0 Å². The molecule has 2 aromatic carbocycles. The van der Waals surface area contributed by atoms with Gasteiger partial charge in [0.25, 0.3) is 0 Å². The molecule has 2 aliphatic rings. The molecule has 7 rings (SSSR count). The Morgan fingerprint density at radius 1 is 0.676 bits per heavy atom. The van der Waals surface area contributed by atoms with Crippen LogP contribution in [0.2, 0.25) is 0 Å². The van der Waals surface area contributed by atoms with Crippen molar-refractivity contribution in [3.63, 3.8) is 0 Å². The first-order chi connectivity index (χ1) is 18.3. The molecule has 0 saturated carbocycles. The number of allylic oxidation sites excluding steroid dienone is 4.